The van der Waals surface area contributed by atoms with E-state index in [4.69, 9.17) is 14.1 Å². The number of aromatic nitrogens is 2. The summed E-state index contributed by atoms with van der Waals surface area (Å²) in [5, 5.41) is 5.10. The van der Waals surface area contributed by atoms with Crippen LogP contribution in [0.3, 0.4) is 0 Å². The molecule has 0 bridgehead atoms. The van der Waals surface area contributed by atoms with Gasteiger partial charge in [-0.05, 0) is 52.3 Å². The minimum Gasteiger partial charge on any atom is -0.503 e. The molecule has 1 aliphatic rings. The van der Waals surface area contributed by atoms with Gasteiger partial charge in [-0.2, -0.15) is 0 Å². The van der Waals surface area contributed by atoms with Crippen molar-refractivity contribution in [2.24, 2.45) is 0 Å². The Morgan fingerprint density at radius 1 is 0.567 bits per heavy atom. The first-order chi connectivity index (χ1) is 32.4. The molecule has 0 spiro atoms. The summed E-state index contributed by atoms with van der Waals surface area (Å²) in [5.74, 6) is 1.17. The second-order valence-corrected chi connectivity index (χ2v) is 18.1. The fourth-order valence-electron chi connectivity index (χ4n) is 9.82. The third-order valence-corrected chi connectivity index (χ3v) is 13.0. The Bertz CT molecular complexity index is 3830. The number of furan rings is 1. The molecule has 4 heterocycles. The van der Waals surface area contributed by atoms with Crippen LogP contribution in [-0.4, -0.2) is 9.38 Å². The van der Waals surface area contributed by atoms with Gasteiger partial charge in [-0.3, -0.25) is 4.98 Å². The molecule has 1 aliphatic heterocycles. The molecule has 0 radical (unpaired) electrons. The molecule has 0 amide bonds. The van der Waals surface area contributed by atoms with Crippen molar-refractivity contribution in [2.75, 3.05) is 9.80 Å². The molecule has 326 valence electrons. The summed E-state index contributed by atoms with van der Waals surface area (Å²) in [6.07, 6.45) is 0. The van der Waals surface area contributed by atoms with Crippen LogP contribution in [0.2, 0.25) is 0 Å². The monoisotopic (exact) mass is 1040 g/mol. The zero-order valence-electron chi connectivity index (χ0n) is 36.9. The van der Waals surface area contributed by atoms with Crippen LogP contribution in [0.25, 0.3) is 82.5 Å². The normalized spacial score (nSPS) is 12.8. The molecular formula is C60H41N4O2Pt-3. The van der Waals surface area contributed by atoms with Crippen LogP contribution in [0.5, 0.6) is 11.5 Å². The van der Waals surface area contributed by atoms with Gasteiger partial charge in [0.15, 0.2) is 5.58 Å². The number of hydrogen-bond acceptors (Lipinski definition) is 5. The van der Waals surface area contributed by atoms with E-state index in [0.29, 0.717) is 11.5 Å². The van der Waals surface area contributed by atoms with E-state index in [1.54, 1.807) is 0 Å². The SMILES string of the molecule is CC(C)(C)c1cc(Oc2[c-]c3c(cc2)c2ccc4c5ccccc5oc4c2n2c4ccccc4nc32)[c-]c(N2[CH-]N(c3c(-c4ccccc4)cccc3-c3ccccc3)c3ccccc32)c1.[Pt]. The maximum Gasteiger partial charge on any atom is 0.158 e. The van der Waals surface area contributed by atoms with Gasteiger partial charge in [0, 0.05) is 71.5 Å². The zero-order valence-corrected chi connectivity index (χ0v) is 39.2. The Kier molecular flexibility index (Phi) is 9.60. The Labute approximate surface area is 402 Å². The molecule has 0 atom stereocenters. The number of nitrogens with zero attached hydrogens (tertiary/aromatic N) is 4. The zero-order chi connectivity index (χ0) is 44.1. The Morgan fingerprint density at radius 3 is 1.96 bits per heavy atom. The Balaban J connectivity index is 0.00000468. The number of ether oxygens (including phenoxy) is 1. The minimum absolute atomic E-state index is 0. The van der Waals surface area contributed by atoms with Gasteiger partial charge in [-0.25, -0.2) is 0 Å². The smallest absolute Gasteiger partial charge is 0.158 e. The molecule has 12 aromatic rings. The van der Waals surface area contributed by atoms with E-state index in [1.165, 1.54) is 0 Å². The van der Waals surface area contributed by atoms with Crippen LogP contribution in [-0.2, 0) is 26.5 Å². The summed E-state index contributed by atoms with van der Waals surface area (Å²) < 4.78 is 15.8. The predicted octanol–water partition coefficient (Wildman–Crippen LogP) is 16.1. The largest absolute Gasteiger partial charge is 0.503 e. The number of imidazole rings is 1. The second-order valence-electron chi connectivity index (χ2n) is 18.1. The van der Waals surface area contributed by atoms with Gasteiger partial charge in [0.05, 0.1) is 22.2 Å². The van der Waals surface area contributed by atoms with Crippen molar-refractivity contribution in [1.29, 1.82) is 0 Å². The van der Waals surface area contributed by atoms with Crippen LogP contribution in [0.1, 0.15) is 26.3 Å². The number of hydrogen-bond donors (Lipinski definition) is 0. The fourth-order valence-corrected chi connectivity index (χ4v) is 9.82. The first kappa shape index (κ1) is 40.8. The van der Waals surface area contributed by atoms with Crippen molar-refractivity contribution in [3.63, 3.8) is 0 Å². The third kappa shape index (κ3) is 6.61. The molecule has 3 aromatic heterocycles. The average Bonchev–Trinajstić information content (AvgIpc) is 4.06. The van der Waals surface area contributed by atoms with Crippen LogP contribution in [0.15, 0.2) is 192 Å². The molecule has 0 unspecified atom stereocenters. The van der Waals surface area contributed by atoms with Crippen molar-refractivity contribution in [3.8, 4) is 33.8 Å². The van der Waals surface area contributed by atoms with Crippen molar-refractivity contribution < 1.29 is 30.2 Å². The molecule has 9 aromatic carbocycles. The molecule has 0 aliphatic carbocycles. The van der Waals surface area contributed by atoms with E-state index in [9.17, 15) is 0 Å². The molecule has 67 heavy (non-hydrogen) atoms. The number of pyridine rings is 1. The summed E-state index contributed by atoms with van der Waals surface area (Å²) in [6.45, 7) is 8.90. The summed E-state index contributed by atoms with van der Waals surface area (Å²) in [6, 6.07) is 73.2. The summed E-state index contributed by atoms with van der Waals surface area (Å²) in [4.78, 5) is 9.80. The third-order valence-electron chi connectivity index (χ3n) is 13.0. The first-order valence-electron chi connectivity index (χ1n) is 22.4. The second kappa shape index (κ2) is 15.8. The van der Waals surface area contributed by atoms with Crippen molar-refractivity contribution >= 4 is 83.0 Å². The minimum atomic E-state index is -0.197. The van der Waals surface area contributed by atoms with Gasteiger partial charge in [-0.1, -0.05) is 171 Å². The molecule has 0 saturated heterocycles. The molecule has 0 saturated carbocycles. The van der Waals surface area contributed by atoms with Gasteiger partial charge in [0.25, 0.3) is 0 Å². The maximum absolute atomic E-state index is 6.90. The van der Waals surface area contributed by atoms with Crippen LogP contribution in [0.4, 0.5) is 22.7 Å². The molecule has 6 nitrogen and oxygen atoms in total. The Morgan fingerprint density at radius 2 is 1.21 bits per heavy atom. The van der Waals surface area contributed by atoms with Gasteiger partial charge >= 0.3 is 0 Å². The molecule has 13 rings (SSSR count). The number of para-hydroxylation sites is 6. The number of benzene rings is 9. The van der Waals surface area contributed by atoms with E-state index < -0.39 is 0 Å². The summed E-state index contributed by atoms with van der Waals surface area (Å²) in [7, 11) is 0. The van der Waals surface area contributed by atoms with E-state index in [-0.39, 0.29) is 26.5 Å². The van der Waals surface area contributed by atoms with Gasteiger partial charge in [0.2, 0.25) is 0 Å². The molecule has 0 N–H and O–H groups in total. The molecular weight excluding hydrogens is 1000 g/mol. The number of rotatable bonds is 6. The van der Waals surface area contributed by atoms with Crippen molar-refractivity contribution in [3.05, 3.63) is 212 Å². The summed E-state index contributed by atoms with van der Waals surface area (Å²) in [5.41, 5.74) is 15.0. The fraction of sp³-hybridized carbons (Fsp3) is 0.0667. The standard InChI is InChI=1S/C60H41N4O2.Pt/c1-60(2,3)40-33-41(62-37-63(54-27-14-13-26-53(54)62)56-44(38-17-6-4-7-18-38)22-16-23-45(56)39-19-8-5-9-20-39)35-43(34-40)65-42-29-30-46-48-31-32-49-47-21-10-15-28-55(47)66-58(49)57(48)64-52-25-12-11-24-51(52)61-59(64)50(46)36-42;/h4-34,37H,1-3H3;/q-3;. The van der Waals surface area contributed by atoms with Crippen molar-refractivity contribution in [2.45, 2.75) is 26.2 Å². The topological polar surface area (TPSA) is 46.2 Å². The van der Waals surface area contributed by atoms with Gasteiger partial charge in [-0.15, -0.1) is 48.3 Å². The maximum atomic E-state index is 6.90. The van der Waals surface area contributed by atoms with E-state index in [2.05, 4.69) is 218 Å². The Hall–Kier alpha value is -7.66. The predicted molar refractivity (Wildman–Crippen MR) is 270 cm³/mol. The molecule has 0 fully saturated rings. The average molecular weight is 1050 g/mol. The van der Waals surface area contributed by atoms with Gasteiger partial charge in [0.1, 0.15) is 5.58 Å². The molecule has 7 heteroatoms. The first-order valence-corrected chi connectivity index (χ1v) is 22.4. The summed E-state index contributed by atoms with van der Waals surface area (Å²) >= 11 is 0. The van der Waals surface area contributed by atoms with Gasteiger partial charge < -0.3 is 23.4 Å². The van der Waals surface area contributed by atoms with Crippen LogP contribution >= 0.6 is 0 Å². The van der Waals surface area contributed by atoms with E-state index in [1.807, 2.05) is 24.3 Å². The van der Waals surface area contributed by atoms with E-state index in [0.717, 1.165) is 111 Å². The van der Waals surface area contributed by atoms with Crippen LogP contribution in [0, 0.1) is 18.8 Å². The number of fused-ring (bicyclic) bond motifs is 13. The van der Waals surface area contributed by atoms with E-state index >= 15 is 0 Å². The number of anilines is 4. The van der Waals surface area contributed by atoms with Crippen molar-refractivity contribution in [1.82, 2.24) is 9.38 Å². The van der Waals surface area contributed by atoms with Crippen LogP contribution < -0.4 is 14.5 Å². The quantitative estimate of drug-likeness (QED) is 0.123.